The largest absolute Gasteiger partial charge is 0.508 e. The lowest BCUT2D eigenvalue weighted by atomic mass is 10.0. The standard InChI is InChI=1S/C61H86N14O18S4/c1-30(2)21-38-54(85)71-42-27-95-94-26-41(52(83)64-24-47(80)66-39(22-32-8-12-34(76)13-9-32)55(86)67-36(53(84)68-38)7-5-6-19-62)70-57(88)43(72-58(89)49(31(3)4)74-48(81)25-63-51(82)37-16-17-46(79)65-37)28-96-97-29-44(61(92)93)73-59(90)50-45(78)18-20-75(50)60(91)40(69-56(42)87)23-33-10-14-35(77)15-11-33/h8-15,30-31,36-45,49-50,76-78H,5-7,16-29,62H2,1-4H3,(H,63,82)(H,64,83)(H,65,79)(H,66,80)(H,67,86)(H,68,84)(H,69,87)(H,70,88)(H,71,85)(H,72,89)(H,73,90)(H,74,81)(H,92,93)/t36-,37-,38-,39-,40-,41-,42-,43-,44-,45-,49-,50-/m0/s1. The molecule has 6 rings (SSSR count). The topological polar surface area (TPSA) is 494 Å². The number of hydrogen-bond donors (Lipinski definition) is 17. The second kappa shape index (κ2) is 38.2. The summed E-state index contributed by atoms with van der Waals surface area (Å²) in [4.78, 5) is 197. The highest BCUT2D eigenvalue weighted by Crippen LogP contribution is 2.28. The number of aromatic hydroxyl groups is 2. The maximum atomic E-state index is 15.1. The first-order valence-electron chi connectivity index (χ1n) is 31.6. The zero-order valence-electron chi connectivity index (χ0n) is 53.9. The van der Waals surface area contributed by atoms with Crippen molar-refractivity contribution in [1.29, 1.82) is 0 Å². The summed E-state index contributed by atoms with van der Waals surface area (Å²) >= 11 is 0. The number of aliphatic carboxylic acids is 1. The third-order valence-electron chi connectivity index (χ3n) is 15.9. The number of carbonyl (C=O) groups is 14. The average molecular weight is 1430 g/mol. The van der Waals surface area contributed by atoms with Gasteiger partial charge in [0.1, 0.15) is 78.0 Å². The van der Waals surface area contributed by atoms with Crippen molar-refractivity contribution in [3.8, 4) is 11.5 Å². The van der Waals surface area contributed by atoms with E-state index >= 15 is 4.79 Å². The van der Waals surface area contributed by atoms with Gasteiger partial charge in [-0.25, -0.2) is 4.79 Å². The Kier molecular flexibility index (Phi) is 30.7. The number of amides is 13. The van der Waals surface area contributed by atoms with Crippen LogP contribution in [0, 0.1) is 11.8 Å². The van der Waals surface area contributed by atoms with Gasteiger partial charge in [0.25, 0.3) is 0 Å². The Hall–Kier alpha value is -8.06. The number of benzene rings is 2. The molecule has 4 fully saturated rings. The maximum Gasteiger partial charge on any atom is 0.327 e. The minimum absolute atomic E-state index is 0.0121. The summed E-state index contributed by atoms with van der Waals surface area (Å²) < 4.78 is 0. The minimum Gasteiger partial charge on any atom is -0.508 e. The van der Waals surface area contributed by atoms with E-state index in [9.17, 15) is 82.8 Å². The van der Waals surface area contributed by atoms with Gasteiger partial charge in [0.15, 0.2) is 0 Å². The fourth-order valence-corrected chi connectivity index (χ4v) is 15.3. The molecule has 0 radical (unpaired) electrons. The molecule has 4 saturated heterocycles. The van der Waals surface area contributed by atoms with Gasteiger partial charge in [-0.3, -0.25) is 62.3 Å². The van der Waals surface area contributed by atoms with E-state index in [0.29, 0.717) is 24.0 Å². The number of unbranched alkanes of at least 4 members (excludes halogenated alkanes) is 1. The molecule has 0 aromatic heterocycles. The van der Waals surface area contributed by atoms with E-state index in [4.69, 9.17) is 5.73 Å². The molecule has 12 atom stereocenters. The first-order chi connectivity index (χ1) is 46.1. The Morgan fingerprint density at radius 2 is 1.18 bits per heavy atom. The van der Waals surface area contributed by atoms with Gasteiger partial charge < -0.3 is 94.9 Å². The van der Waals surface area contributed by atoms with E-state index in [-0.39, 0.29) is 92.9 Å². The molecule has 0 unspecified atom stereocenters. The van der Waals surface area contributed by atoms with Gasteiger partial charge in [-0.15, -0.1) is 0 Å². The molecule has 32 nitrogen and oxygen atoms in total. The number of carbonyl (C=O) groups excluding carboxylic acids is 13. The number of rotatable bonds is 18. The van der Waals surface area contributed by atoms with Crippen LogP contribution >= 0.6 is 43.2 Å². The van der Waals surface area contributed by atoms with E-state index in [1.165, 1.54) is 48.5 Å². The molecule has 532 valence electrons. The SMILES string of the molecule is CC(C)C[C@@H]1NC(=O)[C@H](CCCCN)NC(=O)[C@H](Cc2ccc(O)cc2)NC(=O)CNC(=O)[C@@H]2CSSC[C@H](NC1=O)C(=O)N[C@@H](Cc1ccc(O)cc1)C(=O)N1CC[C@H](O)[C@H]1C(=O)N[C@H](C(=O)O)CSSC[C@H](NC(=O)[C@@H](NC(=O)CNC(=O)[C@@H]1CCC(=O)N1)C(C)C)C(=O)N2. The molecule has 97 heavy (non-hydrogen) atoms. The number of carboxylic acid groups (broad SMARTS) is 1. The van der Waals surface area contributed by atoms with Gasteiger partial charge in [-0.2, -0.15) is 0 Å². The van der Waals surface area contributed by atoms with Gasteiger partial charge in [0.2, 0.25) is 76.8 Å². The highest BCUT2D eigenvalue weighted by Gasteiger charge is 2.45. The third kappa shape index (κ3) is 24.5. The lowest BCUT2D eigenvalue weighted by Gasteiger charge is -2.31. The fraction of sp³-hybridized carbons (Fsp3) is 0.574. The Morgan fingerprint density at radius 3 is 1.77 bits per heavy atom. The van der Waals surface area contributed by atoms with Crippen LogP contribution in [-0.2, 0) is 80.0 Å². The zero-order valence-corrected chi connectivity index (χ0v) is 57.2. The number of aliphatic hydroxyl groups excluding tert-OH is 1. The van der Waals surface area contributed by atoms with Gasteiger partial charge in [-0.05, 0) is 92.3 Å². The van der Waals surface area contributed by atoms with Crippen molar-refractivity contribution in [1.82, 2.24) is 68.7 Å². The van der Waals surface area contributed by atoms with Crippen LogP contribution in [0.3, 0.4) is 0 Å². The van der Waals surface area contributed by atoms with Crippen molar-refractivity contribution < 1.29 is 87.5 Å². The molecular formula is C61H86N14O18S4. The molecule has 36 heteroatoms. The number of hydrogen-bond acceptors (Lipinski definition) is 22. The number of nitrogens with two attached hydrogens (primary N) is 1. The Labute approximate surface area is 575 Å². The van der Waals surface area contributed by atoms with Crippen LogP contribution in [0.2, 0.25) is 0 Å². The summed E-state index contributed by atoms with van der Waals surface area (Å²) in [6.07, 6.45) is -1.26. The van der Waals surface area contributed by atoms with Crippen LogP contribution in [0.4, 0.5) is 0 Å². The van der Waals surface area contributed by atoms with Crippen LogP contribution in [0.25, 0.3) is 0 Å². The molecule has 4 heterocycles. The second-order valence-electron chi connectivity index (χ2n) is 24.4. The highest BCUT2D eigenvalue weighted by atomic mass is 33.1. The van der Waals surface area contributed by atoms with Crippen molar-refractivity contribution in [2.24, 2.45) is 17.6 Å². The van der Waals surface area contributed by atoms with E-state index < -0.39 is 180 Å². The first kappa shape index (κ1) is 77.9. The lowest BCUT2D eigenvalue weighted by Crippen LogP contribution is -2.61. The molecule has 0 spiro atoms. The minimum atomic E-state index is -1.73. The average Bonchev–Trinajstić information content (AvgIpc) is 1.85. The van der Waals surface area contributed by atoms with Gasteiger partial charge >= 0.3 is 5.97 Å². The predicted molar refractivity (Wildman–Crippen MR) is 359 cm³/mol. The second-order valence-corrected chi connectivity index (χ2v) is 29.5. The molecule has 0 aliphatic carbocycles. The van der Waals surface area contributed by atoms with E-state index in [1.807, 2.05) is 0 Å². The number of phenolic OH excluding ortho intramolecular Hbond substituents is 2. The Morgan fingerprint density at radius 1 is 0.608 bits per heavy atom. The molecule has 18 N–H and O–H groups in total. The van der Waals surface area contributed by atoms with E-state index in [1.54, 1.807) is 27.7 Å². The monoisotopic (exact) mass is 1430 g/mol. The van der Waals surface area contributed by atoms with Crippen LogP contribution in [0.1, 0.15) is 83.8 Å². The van der Waals surface area contributed by atoms with E-state index in [2.05, 4.69) is 63.8 Å². The molecular weight excluding hydrogens is 1350 g/mol. The summed E-state index contributed by atoms with van der Waals surface area (Å²) in [6.45, 7) is 5.18. The lowest BCUT2D eigenvalue weighted by molar-refractivity contribution is -0.146. The summed E-state index contributed by atoms with van der Waals surface area (Å²) in [7, 11) is 3.44. The number of nitrogens with zero attached hydrogens (tertiary/aromatic N) is 1. The molecule has 2 aromatic rings. The van der Waals surface area contributed by atoms with Gasteiger partial charge in [-0.1, -0.05) is 95.1 Å². The summed E-state index contributed by atoms with van der Waals surface area (Å²) in [5, 5.41) is 72.9. The number of nitrogens with one attached hydrogen (secondary N) is 12. The van der Waals surface area contributed by atoms with Crippen LogP contribution in [-0.4, -0.2) is 230 Å². The summed E-state index contributed by atoms with van der Waals surface area (Å²) in [6, 6.07) is -5.14. The van der Waals surface area contributed by atoms with Crippen LogP contribution < -0.4 is 69.5 Å². The fourth-order valence-electron chi connectivity index (χ4n) is 10.6. The predicted octanol–water partition coefficient (Wildman–Crippen LogP) is -3.58. The van der Waals surface area contributed by atoms with Crippen molar-refractivity contribution in [2.75, 3.05) is 49.2 Å². The molecule has 2 bridgehead atoms. The molecule has 4 aliphatic rings. The van der Waals surface area contributed by atoms with Gasteiger partial charge in [0, 0.05) is 48.8 Å². The maximum absolute atomic E-state index is 15.1. The molecule has 0 saturated carbocycles. The number of aliphatic hydroxyl groups is 1. The van der Waals surface area contributed by atoms with Crippen LogP contribution in [0.5, 0.6) is 11.5 Å². The number of carboxylic acids is 1. The number of phenols is 2. The van der Waals surface area contributed by atoms with Gasteiger partial charge in [0.05, 0.1) is 19.2 Å². The molecule has 13 amide bonds. The Balaban J connectivity index is 1.42. The van der Waals surface area contributed by atoms with Crippen molar-refractivity contribution in [3.05, 3.63) is 59.7 Å². The highest BCUT2D eigenvalue weighted by molar-refractivity contribution is 8.77. The van der Waals surface area contributed by atoms with Crippen molar-refractivity contribution in [3.63, 3.8) is 0 Å². The summed E-state index contributed by atoms with van der Waals surface area (Å²) in [5.74, 6) is -15.7. The first-order valence-corrected chi connectivity index (χ1v) is 36.6. The quantitative estimate of drug-likeness (QED) is 0.0507. The third-order valence-corrected chi connectivity index (χ3v) is 20.7. The smallest absolute Gasteiger partial charge is 0.327 e. The molecule has 4 aliphatic heterocycles. The van der Waals surface area contributed by atoms with Crippen molar-refractivity contribution >= 4 is 126 Å². The molecule has 2 aromatic carbocycles. The van der Waals surface area contributed by atoms with E-state index in [0.717, 1.165) is 48.1 Å². The number of fused-ring (bicyclic) bond motifs is 6. The normalized spacial score (nSPS) is 26.1. The van der Waals surface area contributed by atoms with Crippen LogP contribution in [0.15, 0.2) is 48.5 Å². The van der Waals surface area contributed by atoms with Crippen molar-refractivity contribution in [2.45, 2.75) is 158 Å². The zero-order chi connectivity index (χ0) is 71.0. The Bertz CT molecular complexity index is 3170. The summed E-state index contributed by atoms with van der Waals surface area (Å²) in [5.41, 5.74) is 6.65.